The van der Waals surface area contributed by atoms with Gasteiger partial charge in [0.05, 0.1) is 5.56 Å². The molecule has 1 heterocycles. The lowest BCUT2D eigenvalue weighted by Crippen LogP contribution is -2.13. The number of phenols is 1. The van der Waals surface area contributed by atoms with E-state index >= 15 is 0 Å². The van der Waals surface area contributed by atoms with E-state index in [9.17, 15) is 9.90 Å². The number of hydrogen-bond donors (Lipinski definition) is 2. The second-order valence-corrected chi connectivity index (χ2v) is 4.95. The number of benzene rings is 1. The van der Waals surface area contributed by atoms with Crippen LogP contribution in [-0.2, 0) is 13.0 Å². The minimum absolute atomic E-state index is 0.166. The zero-order valence-corrected chi connectivity index (χ0v) is 12.4. The number of carbonyl (C=O) groups excluding carboxylic acids is 1. The third-order valence-corrected chi connectivity index (χ3v) is 3.66. The molecule has 2 rings (SSSR count). The van der Waals surface area contributed by atoms with Crippen molar-refractivity contribution >= 4 is 5.91 Å². The van der Waals surface area contributed by atoms with Gasteiger partial charge < -0.3 is 15.4 Å². The van der Waals surface area contributed by atoms with Crippen molar-refractivity contribution in [2.24, 2.45) is 5.73 Å². The van der Waals surface area contributed by atoms with E-state index in [-0.39, 0.29) is 5.75 Å². The molecule has 21 heavy (non-hydrogen) atoms. The van der Waals surface area contributed by atoms with Crippen LogP contribution in [0.5, 0.6) is 5.75 Å². The van der Waals surface area contributed by atoms with Crippen LogP contribution in [0.3, 0.4) is 0 Å². The third kappa shape index (κ3) is 2.57. The fourth-order valence-electron chi connectivity index (χ4n) is 2.82. The number of carbonyl (C=O) groups is 1. The second kappa shape index (κ2) is 5.87. The molecule has 0 aliphatic rings. The van der Waals surface area contributed by atoms with Gasteiger partial charge in [-0.2, -0.15) is 0 Å². The van der Waals surface area contributed by atoms with Crippen molar-refractivity contribution in [2.75, 3.05) is 0 Å². The Balaban J connectivity index is 2.82. The zero-order valence-electron chi connectivity index (χ0n) is 12.4. The summed E-state index contributed by atoms with van der Waals surface area (Å²) in [6.45, 7) is 8.30. The molecule has 4 nitrogen and oxygen atoms in total. The quantitative estimate of drug-likeness (QED) is 0.829. The number of phenolic OH excluding ortho intramolecular Hbond substituents is 1. The molecule has 4 heteroatoms. The van der Waals surface area contributed by atoms with Crippen LogP contribution >= 0.6 is 0 Å². The predicted octanol–water partition coefficient (Wildman–Crippen LogP) is 3.02. The topological polar surface area (TPSA) is 68.2 Å². The van der Waals surface area contributed by atoms with E-state index in [2.05, 4.69) is 6.58 Å². The largest absolute Gasteiger partial charge is 0.508 e. The molecule has 0 aliphatic carbocycles. The molecule has 0 saturated carbocycles. The highest BCUT2D eigenvalue weighted by Gasteiger charge is 2.23. The summed E-state index contributed by atoms with van der Waals surface area (Å²) in [6, 6.07) is 6.89. The number of hydrogen-bond acceptors (Lipinski definition) is 2. The average Bonchev–Trinajstić information content (AvgIpc) is 2.72. The summed E-state index contributed by atoms with van der Waals surface area (Å²) >= 11 is 0. The van der Waals surface area contributed by atoms with Crippen LogP contribution in [0.15, 0.2) is 36.9 Å². The van der Waals surface area contributed by atoms with Gasteiger partial charge in [0.2, 0.25) is 0 Å². The van der Waals surface area contributed by atoms with Crippen molar-refractivity contribution in [3.8, 4) is 16.9 Å². The maximum atomic E-state index is 11.9. The van der Waals surface area contributed by atoms with Crippen molar-refractivity contribution in [1.82, 2.24) is 4.57 Å². The number of primary amides is 1. The van der Waals surface area contributed by atoms with Gasteiger partial charge in [0.15, 0.2) is 0 Å². The maximum Gasteiger partial charge on any atom is 0.251 e. The molecule has 2 aromatic rings. The highest BCUT2D eigenvalue weighted by atomic mass is 16.3. The Labute approximate surface area is 124 Å². The average molecular weight is 284 g/mol. The lowest BCUT2D eigenvalue weighted by molar-refractivity contribution is 0.1000. The molecular formula is C17H20N2O2. The molecule has 1 amide bonds. The Kier molecular flexibility index (Phi) is 4.17. The molecule has 0 bridgehead atoms. The lowest BCUT2D eigenvalue weighted by atomic mass is 9.98. The second-order valence-electron chi connectivity index (χ2n) is 4.95. The predicted molar refractivity (Wildman–Crippen MR) is 84.4 cm³/mol. The first-order valence-corrected chi connectivity index (χ1v) is 6.93. The number of rotatable bonds is 5. The number of nitrogens with two attached hydrogens (primary N) is 1. The first-order valence-electron chi connectivity index (χ1n) is 6.93. The standard InChI is InChI=1S/C17H20N2O2/c1-4-9-19-11(3)15(17(18)21)16(14(19)5-2)12-7-6-8-13(20)10-12/h4,6-8,10,20H,1,5,9H2,2-3H3,(H2,18,21). The molecule has 110 valence electrons. The minimum Gasteiger partial charge on any atom is -0.508 e. The molecule has 0 atom stereocenters. The summed E-state index contributed by atoms with van der Waals surface area (Å²) in [5.41, 5.74) is 9.55. The van der Waals surface area contributed by atoms with Gasteiger partial charge in [-0.3, -0.25) is 4.79 Å². The van der Waals surface area contributed by atoms with Crippen LogP contribution in [0.1, 0.15) is 28.7 Å². The maximum absolute atomic E-state index is 11.9. The van der Waals surface area contributed by atoms with E-state index in [0.717, 1.165) is 28.9 Å². The van der Waals surface area contributed by atoms with Gasteiger partial charge in [0, 0.05) is 23.5 Å². The molecule has 0 radical (unpaired) electrons. The molecule has 1 aromatic heterocycles. The Hall–Kier alpha value is -2.49. The monoisotopic (exact) mass is 284 g/mol. The third-order valence-electron chi connectivity index (χ3n) is 3.66. The SMILES string of the molecule is C=CCn1c(C)c(C(N)=O)c(-c2cccc(O)c2)c1CC. The Morgan fingerprint density at radius 3 is 2.71 bits per heavy atom. The van der Waals surface area contributed by atoms with Crippen LogP contribution < -0.4 is 5.73 Å². The fraction of sp³-hybridized carbons (Fsp3) is 0.235. The fourth-order valence-corrected chi connectivity index (χ4v) is 2.82. The summed E-state index contributed by atoms with van der Waals surface area (Å²) in [5.74, 6) is -0.289. The van der Waals surface area contributed by atoms with Crippen molar-refractivity contribution in [2.45, 2.75) is 26.8 Å². The first-order chi connectivity index (χ1) is 10.0. The van der Waals surface area contributed by atoms with Gasteiger partial charge >= 0.3 is 0 Å². The summed E-state index contributed by atoms with van der Waals surface area (Å²) in [6.07, 6.45) is 2.55. The van der Waals surface area contributed by atoms with Crippen LogP contribution in [0.25, 0.3) is 11.1 Å². The Morgan fingerprint density at radius 2 is 2.19 bits per heavy atom. The van der Waals surface area contributed by atoms with Gasteiger partial charge in [-0.25, -0.2) is 0 Å². The first kappa shape index (κ1) is 14.9. The van der Waals surface area contributed by atoms with Crippen LogP contribution in [0.2, 0.25) is 0 Å². The zero-order chi connectivity index (χ0) is 15.6. The molecular weight excluding hydrogens is 264 g/mol. The highest BCUT2D eigenvalue weighted by molar-refractivity contribution is 6.02. The van der Waals surface area contributed by atoms with Gasteiger partial charge in [-0.15, -0.1) is 6.58 Å². The smallest absolute Gasteiger partial charge is 0.251 e. The van der Waals surface area contributed by atoms with E-state index in [4.69, 9.17) is 5.73 Å². The van der Waals surface area contributed by atoms with Crippen molar-refractivity contribution in [3.05, 3.63) is 53.9 Å². The van der Waals surface area contributed by atoms with E-state index in [1.165, 1.54) is 0 Å². The van der Waals surface area contributed by atoms with Crippen molar-refractivity contribution in [1.29, 1.82) is 0 Å². The van der Waals surface area contributed by atoms with Crippen LogP contribution in [0.4, 0.5) is 0 Å². The molecule has 0 aliphatic heterocycles. The summed E-state index contributed by atoms with van der Waals surface area (Å²) < 4.78 is 2.05. The van der Waals surface area contributed by atoms with E-state index < -0.39 is 5.91 Å². The van der Waals surface area contributed by atoms with E-state index in [1.54, 1.807) is 24.3 Å². The molecule has 0 fully saturated rings. The van der Waals surface area contributed by atoms with E-state index in [1.807, 2.05) is 24.5 Å². The summed E-state index contributed by atoms with van der Waals surface area (Å²) in [5, 5.41) is 9.71. The number of allylic oxidation sites excluding steroid dienone is 1. The Morgan fingerprint density at radius 1 is 1.48 bits per heavy atom. The number of aromatic nitrogens is 1. The van der Waals surface area contributed by atoms with E-state index in [0.29, 0.717) is 12.1 Å². The van der Waals surface area contributed by atoms with Gasteiger partial charge in [0.25, 0.3) is 5.91 Å². The molecule has 1 aromatic carbocycles. The molecule has 0 saturated heterocycles. The van der Waals surface area contributed by atoms with Gasteiger partial charge in [0.1, 0.15) is 5.75 Å². The van der Waals surface area contributed by atoms with Gasteiger partial charge in [-0.05, 0) is 31.0 Å². The van der Waals surface area contributed by atoms with Crippen molar-refractivity contribution in [3.63, 3.8) is 0 Å². The molecule has 0 unspecified atom stereocenters. The normalized spacial score (nSPS) is 10.6. The number of aromatic hydroxyl groups is 1. The van der Waals surface area contributed by atoms with Crippen LogP contribution in [0, 0.1) is 6.92 Å². The summed E-state index contributed by atoms with van der Waals surface area (Å²) in [4.78, 5) is 11.9. The highest BCUT2D eigenvalue weighted by Crippen LogP contribution is 2.34. The number of amides is 1. The van der Waals surface area contributed by atoms with Crippen LogP contribution in [-0.4, -0.2) is 15.6 Å². The van der Waals surface area contributed by atoms with Crippen molar-refractivity contribution < 1.29 is 9.90 Å². The number of nitrogens with zero attached hydrogens (tertiary/aromatic N) is 1. The lowest BCUT2D eigenvalue weighted by Gasteiger charge is -2.09. The Bertz CT molecular complexity index is 699. The molecule has 3 N–H and O–H groups in total. The minimum atomic E-state index is -0.455. The summed E-state index contributed by atoms with van der Waals surface area (Å²) in [7, 11) is 0. The molecule has 0 spiro atoms. The van der Waals surface area contributed by atoms with Gasteiger partial charge in [-0.1, -0.05) is 25.1 Å².